The number of hydrogen-bond acceptors (Lipinski definition) is 5. The monoisotopic (exact) mass is 336 g/mol. The standard InChI is InChI=1S/C16H24N4O2S/c1-3-18(13-4-5-13)9-15(21)19-6-7-20(12(2)8-19)16(22)14-10-23-11-17-14/h10-13H,3-9H2,1-2H3/t12-/m0/s1. The summed E-state index contributed by atoms with van der Waals surface area (Å²) in [5.74, 6) is 0.158. The summed E-state index contributed by atoms with van der Waals surface area (Å²) in [7, 11) is 0. The van der Waals surface area contributed by atoms with Gasteiger partial charge in [0.2, 0.25) is 5.91 Å². The number of likely N-dealkylation sites (N-methyl/N-ethyl adjacent to an activating group) is 1. The van der Waals surface area contributed by atoms with Gasteiger partial charge in [0.1, 0.15) is 5.69 Å². The van der Waals surface area contributed by atoms with Crippen molar-refractivity contribution in [3.05, 3.63) is 16.6 Å². The van der Waals surface area contributed by atoms with E-state index in [-0.39, 0.29) is 17.9 Å². The Bertz CT molecular complexity index is 558. The third-order valence-corrected chi connectivity index (χ3v) is 5.29. The Kier molecular flexibility index (Phi) is 4.96. The van der Waals surface area contributed by atoms with Crippen molar-refractivity contribution in [2.24, 2.45) is 0 Å². The summed E-state index contributed by atoms with van der Waals surface area (Å²) in [5, 5.41) is 1.78. The molecule has 1 aliphatic carbocycles. The summed E-state index contributed by atoms with van der Waals surface area (Å²) >= 11 is 1.43. The van der Waals surface area contributed by atoms with E-state index >= 15 is 0 Å². The Morgan fingerprint density at radius 1 is 1.39 bits per heavy atom. The van der Waals surface area contributed by atoms with Crippen LogP contribution in [0.5, 0.6) is 0 Å². The van der Waals surface area contributed by atoms with Crippen LogP contribution in [0.4, 0.5) is 0 Å². The van der Waals surface area contributed by atoms with E-state index in [1.165, 1.54) is 24.2 Å². The number of carbonyl (C=O) groups is 2. The van der Waals surface area contributed by atoms with Crippen LogP contribution in [0.3, 0.4) is 0 Å². The van der Waals surface area contributed by atoms with Gasteiger partial charge >= 0.3 is 0 Å². The second-order valence-corrected chi connectivity index (χ2v) is 7.07. The zero-order valence-electron chi connectivity index (χ0n) is 13.8. The third-order valence-electron chi connectivity index (χ3n) is 4.70. The number of thiazole rings is 1. The average Bonchev–Trinajstić information content (AvgIpc) is 3.25. The first kappa shape index (κ1) is 16.4. The molecule has 1 saturated carbocycles. The highest BCUT2D eigenvalue weighted by Gasteiger charge is 2.33. The maximum atomic E-state index is 12.5. The second kappa shape index (κ2) is 6.97. The lowest BCUT2D eigenvalue weighted by Crippen LogP contribution is -2.57. The maximum absolute atomic E-state index is 12.5. The number of piperazine rings is 1. The van der Waals surface area contributed by atoms with E-state index in [1.807, 2.05) is 16.7 Å². The summed E-state index contributed by atoms with van der Waals surface area (Å²) in [5.41, 5.74) is 2.18. The quantitative estimate of drug-likeness (QED) is 0.813. The lowest BCUT2D eigenvalue weighted by atomic mass is 10.1. The summed E-state index contributed by atoms with van der Waals surface area (Å²) in [6, 6.07) is 0.631. The summed E-state index contributed by atoms with van der Waals surface area (Å²) in [4.78, 5) is 35.0. The fourth-order valence-corrected chi connectivity index (χ4v) is 3.69. The van der Waals surface area contributed by atoms with Crippen LogP contribution in [0.2, 0.25) is 0 Å². The lowest BCUT2D eigenvalue weighted by Gasteiger charge is -2.40. The van der Waals surface area contributed by atoms with Crippen LogP contribution < -0.4 is 0 Å². The molecule has 23 heavy (non-hydrogen) atoms. The topological polar surface area (TPSA) is 56.8 Å². The minimum Gasteiger partial charge on any atom is -0.338 e. The van der Waals surface area contributed by atoms with Crippen molar-refractivity contribution in [1.29, 1.82) is 0 Å². The molecule has 1 aliphatic heterocycles. The first-order valence-corrected chi connectivity index (χ1v) is 9.25. The van der Waals surface area contributed by atoms with Crippen LogP contribution in [0.15, 0.2) is 10.9 Å². The lowest BCUT2D eigenvalue weighted by molar-refractivity contribution is -0.135. The number of nitrogens with zero attached hydrogens (tertiary/aromatic N) is 4. The van der Waals surface area contributed by atoms with E-state index in [0.29, 0.717) is 37.9 Å². The van der Waals surface area contributed by atoms with Gasteiger partial charge < -0.3 is 9.80 Å². The van der Waals surface area contributed by atoms with Crippen LogP contribution in [-0.4, -0.2) is 76.3 Å². The Labute approximate surface area is 141 Å². The molecule has 1 atom stereocenters. The molecule has 2 fully saturated rings. The van der Waals surface area contributed by atoms with Gasteiger partial charge in [0.15, 0.2) is 0 Å². The third kappa shape index (κ3) is 3.72. The first-order valence-electron chi connectivity index (χ1n) is 8.31. The van der Waals surface area contributed by atoms with Crippen molar-refractivity contribution in [3.8, 4) is 0 Å². The molecule has 2 heterocycles. The predicted molar refractivity (Wildman–Crippen MR) is 89.5 cm³/mol. The number of rotatable bonds is 5. The molecular weight excluding hydrogens is 312 g/mol. The Morgan fingerprint density at radius 3 is 2.74 bits per heavy atom. The molecule has 126 valence electrons. The molecule has 0 aromatic carbocycles. The van der Waals surface area contributed by atoms with Gasteiger partial charge in [-0.3, -0.25) is 14.5 Å². The van der Waals surface area contributed by atoms with Crippen LogP contribution in [0, 0.1) is 0 Å². The molecule has 3 rings (SSSR count). The van der Waals surface area contributed by atoms with Gasteiger partial charge in [-0.2, -0.15) is 0 Å². The van der Waals surface area contributed by atoms with Gasteiger partial charge in [0.05, 0.1) is 12.1 Å². The van der Waals surface area contributed by atoms with Crippen LogP contribution in [-0.2, 0) is 4.79 Å². The molecule has 0 unspecified atom stereocenters. The Balaban J connectivity index is 1.55. The van der Waals surface area contributed by atoms with E-state index in [4.69, 9.17) is 0 Å². The van der Waals surface area contributed by atoms with Gasteiger partial charge in [-0.15, -0.1) is 11.3 Å². The van der Waals surface area contributed by atoms with Crippen LogP contribution in [0.1, 0.15) is 37.2 Å². The van der Waals surface area contributed by atoms with Crippen molar-refractivity contribution in [3.63, 3.8) is 0 Å². The largest absolute Gasteiger partial charge is 0.338 e. The van der Waals surface area contributed by atoms with E-state index < -0.39 is 0 Å². The molecule has 6 nitrogen and oxygen atoms in total. The zero-order valence-corrected chi connectivity index (χ0v) is 14.6. The highest BCUT2D eigenvalue weighted by molar-refractivity contribution is 7.07. The molecular formula is C16H24N4O2S. The van der Waals surface area contributed by atoms with Crippen molar-refractivity contribution < 1.29 is 9.59 Å². The molecule has 1 aromatic rings. The highest BCUT2D eigenvalue weighted by Crippen LogP contribution is 2.26. The maximum Gasteiger partial charge on any atom is 0.273 e. The fourth-order valence-electron chi connectivity index (χ4n) is 3.16. The van der Waals surface area contributed by atoms with E-state index in [2.05, 4.69) is 16.8 Å². The number of amides is 2. The van der Waals surface area contributed by atoms with Crippen molar-refractivity contribution in [2.45, 2.75) is 38.8 Å². The molecule has 7 heteroatoms. The SMILES string of the molecule is CCN(CC(=O)N1CCN(C(=O)c2cscn2)[C@@H](C)C1)C1CC1. The number of aromatic nitrogens is 1. The normalized spacial score (nSPS) is 21.8. The molecule has 0 N–H and O–H groups in total. The molecule has 0 radical (unpaired) electrons. The van der Waals surface area contributed by atoms with E-state index in [0.717, 1.165) is 6.54 Å². The van der Waals surface area contributed by atoms with Gasteiger partial charge in [-0.1, -0.05) is 6.92 Å². The predicted octanol–water partition coefficient (Wildman–Crippen LogP) is 1.30. The van der Waals surface area contributed by atoms with Crippen molar-refractivity contribution in [1.82, 2.24) is 19.7 Å². The summed E-state index contributed by atoms with van der Waals surface area (Å²) in [6.45, 7) is 7.35. The van der Waals surface area contributed by atoms with Crippen molar-refractivity contribution >= 4 is 23.2 Å². The second-order valence-electron chi connectivity index (χ2n) is 6.36. The minimum absolute atomic E-state index is 0.0258. The molecule has 2 amide bonds. The molecule has 1 aromatic heterocycles. The van der Waals surface area contributed by atoms with Crippen LogP contribution in [0.25, 0.3) is 0 Å². The summed E-state index contributed by atoms with van der Waals surface area (Å²) < 4.78 is 0. The van der Waals surface area contributed by atoms with Gasteiger partial charge in [-0.05, 0) is 26.3 Å². The van der Waals surface area contributed by atoms with Gasteiger partial charge in [-0.25, -0.2) is 4.98 Å². The smallest absolute Gasteiger partial charge is 0.273 e. The average molecular weight is 336 g/mol. The number of carbonyl (C=O) groups excluding carboxylic acids is 2. The molecule has 2 aliphatic rings. The highest BCUT2D eigenvalue weighted by atomic mass is 32.1. The zero-order chi connectivity index (χ0) is 16.4. The minimum atomic E-state index is -0.0287. The first-order chi connectivity index (χ1) is 11.1. The fraction of sp³-hybridized carbons (Fsp3) is 0.688. The van der Waals surface area contributed by atoms with E-state index in [9.17, 15) is 9.59 Å². The Hall–Kier alpha value is -1.47. The molecule has 1 saturated heterocycles. The number of hydrogen-bond donors (Lipinski definition) is 0. The Morgan fingerprint density at radius 2 is 2.17 bits per heavy atom. The van der Waals surface area contributed by atoms with Crippen LogP contribution >= 0.6 is 11.3 Å². The molecule has 0 bridgehead atoms. The summed E-state index contributed by atoms with van der Waals surface area (Å²) in [6.07, 6.45) is 2.43. The molecule has 0 spiro atoms. The van der Waals surface area contributed by atoms with Gasteiger partial charge in [0.25, 0.3) is 5.91 Å². The van der Waals surface area contributed by atoms with Gasteiger partial charge in [0, 0.05) is 37.1 Å². The van der Waals surface area contributed by atoms with E-state index in [1.54, 1.807) is 10.9 Å². The van der Waals surface area contributed by atoms with Crippen molar-refractivity contribution in [2.75, 3.05) is 32.7 Å².